The molecule has 0 spiro atoms. The van der Waals surface area contributed by atoms with Gasteiger partial charge in [-0.05, 0) is 18.1 Å². The molecule has 0 saturated heterocycles. The third-order valence-corrected chi connectivity index (χ3v) is 9.66. The van der Waals surface area contributed by atoms with E-state index >= 15 is 0 Å². The molecule has 0 fully saturated rings. The topological polar surface area (TPSA) is 57.1 Å². The van der Waals surface area contributed by atoms with Gasteiger partial charge in [0.05, 0.1) is 18.1 Å². The van der Waals surface area contributed by atoms with Crippen molar-refractivity contribution < 1.29 is 18.8 Å². The minimum absolute atomic E-state index is 0.104. The van der Waals surface area contributed by atoms with Crippen LogP contribution in [0.15, 0.2) is 35.5 Å². The van der Waals surface area contributed by atoms with Crippen LogP contribution in [0.5, 0.6) is 0 Å². The Morgan fingerprint density at radius 1 is 1.24 bits per heavy atom. The predicted molar refractivity (Wildman–Crippen MR) is 112 cm³/mol. The van der Waals surface area contributed by atoms with E-state index in [0.29, 0.717) is 16.7 Å². The van der Waals surface area contributed by atoms with Crippen LogP contribution in [0.3, 0.4) is 0 Å². The summed E-state index contributed by atoms with van der Waals surface area (Å²) >= 11 is 2.07. The second kappa shape index (κ2) is 9.68. The van der Waals surface area contributed by atoms with Crippen LogP contribution in [0, 0.1) is 0 Å². The highest BCUT2D eigenvalue weighted by molar-refractivity contribution is 14.1. The molecule has 7 heteroatoms. The molecule has 25 heavy (non-hydrogen) atoms. The van der Waals surface area contributed by atoms with Gasteiger partial charge in [0.1, 0.15) is 5.71 Å². The van der Waals surface area contributed by atoms with Crippen molar-refractivity contribution in [3.8, 4) is 0 Å². The summed E-state index contributed by atoms with van der Waals surface area (Å²) in [7, 11) is -0.583. The molecule has 0 heterocycles. The van der Waals surface area contributed by atoms with Crippen molar-refractivity contribution >= 4 is 42.6 Å². The van der Waals surface area contributed by atoms with E-state index in [1.807, 2.05) is 30.3 Å². The maximum atomic E-state index is 11.7. The standard InChI is InChI=1S/C18H28INO4Si/c1-18(2,3)25(5,6)23-13-15(14-10-8-7-9-11-14)20-24-16(12-19)17(21)22-4/h7-11,16H,12-13H2,1-6H3. The van der Waals surface area contributed by atoms with Crippen LogP contribution in [0.4, 0.5) is 0 Å². The molecule has 0 aliphatic heterocycles. The lowest BCUT2D eigenvalue weighted by atomic mass is 10.1. The Balaban J connectivity index is 2.98. The molecular weight excluding hydrogens is 449 g/mol. The van der Waals surface area contributed by atoms with Crippen LogP contribution in [-0.2, 0) is 18.8 Å². The van der Waals surface area contributed by atoms with E-state index in [-0.39, 0.29) is 5.04 Å². The van der Waals surface area contributed by atoms with Gasteiger partial charge in [-0.25, -0.2) is 4.79 Å². The van der Waals surface area contributed by atoms with Crippen molar-refractivity contribution in [1.29, 1.82) is 0 Å². The Kier molecular flexibility index (Phi) is 8.56. The maximum Gasteiger partial charge on any atom is 0.350 e. The van der Waals surface area contributed by atoms with Gasteiger partial charge in [0, 0.05) is 5.56 Å². The molecule has 1 aromatic rings. The number of halogens is 1. The zero-order valence-electron chi connectivity index (χ0n) is 15.8. The van der Waals surface area contributed by atoms with E-state index in [4.69, 9.17) is 14.0 Å². The Labute approximate surface area is 165 Å². The van der Waals surface area contributed by atoms with Crippen LogP contribution in [0.2, 0.25) is 18.1 Å². The summed E-state index contributed by atoms with van der Waals surface area (Å²) in [5.41, 5.74) is 1.59. The molecule has 0 aromatic heterocycles. The molecule has 0 bridgehead atoms. The number of ether oxygens (including phenoxy) is 1. The molecule has 5 nitrogen and oxygen atoms in total. The zero-order chi connectivity index (χ0) is 19.1. The Bertz CT molecular complexity index is 584. The molecule has 0 N–H and O–H groups in total. The number of carbonyl (C=O) groups excluding carboxylic acids is 1. The monoisotopic (exact) mass is 477 g/mol. The van der Waals surface area contributed by atoms with Crippen molar-refractivity contribution in [3.63, 3.8) is 0 Å². The molecular formula is C18H28INO4Si. The minimum Gasteiger partial charge on any atom is -0.466 e. The van der Waals surface area contributed by atoms with Crippen molar-refractivity contribution in [2.24, 2.45) is 5.16 Å². The number of esters is 1. The molecule has 1 rings (SSSR count). The number of oxime groups is 1. The summed E-state index contributed by atoms with van der Waals surface area (Å²) < 4.78 is 11.5. The quantitative estimate of drug-likeness (QED) is 0.139. The van der Waals surface area contributed by atoms with Crippen LogP contribution < -0.4 is 0 Å². The SMILES string of the molecule is COC(=O)C(CI)ON=C(CO[Si](C)(C)C(C)(C)C)c1ccccc1. The number of methoxy groups -OCH3 is 1. The van der Waals surface area contributed by atoms with Gasteiger partial charge in [-0.1, -0.05) is 78.8 Å². The largest absolute Gasteiger partial charge is 0.466 e. The van der Waals surface area contributed by atoms with Gasteiger partial charge >= 0.3 is 5.97 Å². The van der Waals surface area contributed by atoms with Gasteiger partial charge in [0.25, 0.3) is 0 Å². The summed E-state index contributed by atoms with van der Waals surface area (Å²) in [4.78, 5) is 17.1. The van der Waals surface area contributed by atoms with Gasteiger partial charge in [-0.2, -0.15) is 0 Å². The number of carbonyl (C=O) groups is 1. The smallest absolute Gasteiger partial charge is 0.350 e. The van der Waals surface area contributed by atoms with Crippen LogP contribution >= 0.6 is 22.6 Å². The molecule has 140 valence electrons. The lowest BCUT2D eigenvalue weighted by Crippen LogP contribution is -2.42. The van der Waals surface area contributed by atoms with E-state index in [9.17, 15) is 4.79 Å². The van der Waals surface area contributed by atoms with Crippen molar-refractivity contribution in [2.45, 2.75) is 45.0 Å². The van der Waals surface area contributed by atoms with Crippen molar-refractivity contribution in [1.82, 2.24) is 0 Å². The van der Waals surface area contributed by atoms with E-state index in [1.165, 1.54) is 7.11 Å². The van der Waals surface area contributed by atoms with E-state index in [1.54, 1.807) is 0 Å². The highest BCUT2D eigenvalue weighted by Crippen LogP contribution is 2.36. The number of nitrogens with zero attached hydrogens (tertiary/aromatic N) is 1. The highest BCUT2D eigenvalue weighted by Gasteiger charge is 2.37. The number of rotatable bonds is 8. The second-order valence-electron chi connectivity index (χ2n) is 7.22. The fraction of sp³-hybridized carbons (Fsp3) is 0.556. The third kappa shape index (κ3) is 6.71. The number of hydrogen-bond donors (Lipinski definition) is 0. The first-order valence-corrected chi connectivity index (χ1v) is 12.6. The molecule has 0 saturated carbocycles. The first-order valence-electron chi connectivity index (χ1n) is 8.18. The lowest BCUT2D eigenvalue weighted by Gasteiger charge is -2.36. The lowest BCUT2D eigenvalue weighted by molar-refractivity contribution is -0.152. The summed E-state index contributed by atoms with van der Waals surface area (Å²) in [6, 6.07) is 9.72. The first kappa shape index (κ1) is 22.1. The van der Waals surface area contributed by atoms with Gasteiger partial charge in [-0.15, -0.1) is 0 Å². The van der Waals surface area contributed by atoms with Gasteiger partial charge in [-0.3, -0.25) is 0 Å². The van der Waals surface area contributed by atoms with Gasteiger partial charge in [0.15, 0.2) is 8.32 Å². The van der Waals surface area contributed by atoms with E-state index < -0.39 is 20.4 Å². The first-order chi connectivity index (χ1) is 11.6. The highest BCUT2D eigenvalue weighted by atomic mass is 127. The fourth-order valence-electron chi connectivity index (χ4n) is 1.65. The molecule has 0 radical (unpaired) electrons. The predicted octanol–water partition coefficient (Wildman–Crippen LogP) is 4.41. The fourth-order valence-corrected chi connectivity index (χ4v) is 3.10. The van der Waals surface area contributed by atoms with Crippen LogP contribution in [0.1, 0.15) is 26.3 Å². The zero-order valence-corrected chi connectivity index (χ0v) is 19.0. The number of alkyl halides is 1. The Morgan fingerprint density at radius 2 is 1.84 bits per heavy atom. The summed E-state index contributed by atoms with van der Waals surface area (Å²) in [5.74, 6) is -0.434. The van der Waals surface area contributed by atoms with Gasteiger partial charge in [0.2, 0.25) is 6.10 Å². The number of benzene rings is 1. The normalized spacial score (nSPS) is 14.1. The minimum atomic E-state index is -1.92. The Morgan fingerprint density at radius 3 is 2.32 bits per heavy atom. The molecule has 0 aliphatic rings. The van der Waals surface area contributed by atoms with Crippen LogP contribution in [0.25, 0.3) is 0 Å². The molecule has 1 unspecified atom stereocenters. The van der Waals surface area contributed by atoms with E-state index in [2.05, 4.69) is 61.6 Å². The van der Waals surface area contributed by atoms with Crippen LogP contribution in [-0.4, -0.2) is 44.2 Å². The molecule has 1 aromatic carbocycles. The number of hydrogen-bond acceptors (Lipinski definition) is 5. The summed E-state index contributed by atoms with van der Waals surface area (Å²) in [6.45, 7) is 11.3. The van der Waals surface area contributed by atoms with Crippen molar-refractivity contribution in [3.05, 3.63) is 35.9 Å². The average Bonchev–Trinajstić information content (AvgIpc) is 2.57. The summed E-state index contributed by atoms with van der Waals surface area (Å²) in [5, 5.41) is 4.33. The van der Waals surface area contributed by atoms with Crippen molar-refractivity contribution in [2.75, 3.05) is 18.1 Å². The Hall–Kier alpha value is -0.933. The molecule has 1 atom stereocenters. The third-order valence-electron chi connectivity index (χ3n) is 4.38. The second-order valence-corrected chi connectivity index (χ2v) is 12.9. The molecule has 0 aliphatic carbocycles. The van der Waals surface area contributed by atoms with Gasteiger partial charge < -0.3 is 14.0 Å². The molecule has 0 amide bonds. The maximum absolute atomic E-state index is 11.7. The average molecular weight is 477 g/mol. The van der Waals surface area contributed by atoms with E-state index in [0.717, 1.165) is 5.56 Å². The summed E-state index contributed by atoms with van der Waals surface area (Å²) in [6.07, 6.45) is -0.725.